The Morgan fingerprint density at radius 3 is 2.44 bits per heavy atom. The summed E-state index contributed by atoms with van der Waals surface area (Å²) in [5.74, 6) is 2.29. The van der Waals surface area contributed by atoms with Gasteiger partial charge in [0.1, 0.15) is 13.2 Å². The molecular formula is C13H19NO2. The van der Waals surface area contributed by atoms with Crippen LogP contribution in [0.15, 0.2) is 18.2 Å². The van der Waals surface area contributed by atoms with Crippen molar-refractivity contribution in [2.45, 2.75) is 26.8 Å². The summed E-state index contributed by atoms with van der Waals surface area (Å²) in [6.45, 7) is 7.87. The smallest absolute Gasteiger partial charge is 0.163 e. The average Bonchev–Trinajstić information content (AvgIpc) is 2.28. The van der Waals surface area contributed by atoms with Gasteiger partial charge in [0.05, 0.1) is 0 Å². The summed E-state index contributed by atoms with van der Waals surface area (Å²) < 4.78 is 11.0. The number of fused-ring (bicyclic) bond motifs is 1. The minimum Gasteiger partial charge on any atom is -0.486 e. The number of hydrogen-bond acceptors (Lipinski definition) is 3. The van der Waals surface area contributed by atoms with Gasteiger partial charge in [0.2, 0.25) is 0 Å². The Morgan fingerprint density at radius 1 is 1.06 bits per heavy atom. The molecule has 1 atom stereocenters. The molecule has 1 aromatic rings. The minimum absolute atomic E-state index is 0.447. The number of hydrogen-bond donors (Lipinski definition) is 1. The van der Waals surface area contributed by atoms with Crippen molar-refractivity contribution in [3.05, 3.63) is 18.2 Å². The fourth-order valence-corrected chi connectivity index (χ4v) is 1.56. The summed E-state index contributed by atoms with van der Waals surface area (Å²) in [5, 5.41) is 3.46. The Balaban J connectivity index is 2.11. The molecule has 0 fully saturated rings. The zero-order chi connectivity index (χ0) is 11.5. The molecule has 1 unspecified atom stereocenters. The summed E-state index contributed by atoms with van der Waals surface area (Å²) in [6, 6.07) is 6.45. The first kappa shape index (κ1) is 11.1. The van der Waals surface area contributed by atoms with Crippen molar-refractivity contribution in [1.82, 2.24) is 0 Å². The van der Waals surface area contributed by atoms with Gasteiger partial charge in [-0.25, -0.2) is 0 Å². The summed E-state index contributed by atoms with van der Waals surface area (Å²) in [4.78, 5) is 0. The molecule has 0 spiro atoms. The van der Waals surface area contributed by atoms with Gasteiger partial charge in [-0.2, -0.15) is 0 Å². The molecule has 0 radical (unpaired) electrons. The Bertz CT molecular complexity index is 363. The SMILES string of the molecule is CC(C)C(C)Nc1ccc2c(c1)OCCO2. The van der Waals surface area contributed by atoms with E-state index < -0.39 is 0 Å². The number of rotatable bonds is 3. The molecule has 16 heavy (non-hydrogen) atoms. The lowest BCUT2D eigenvalue weighted by Gasteiger charge is -2.22. The normalized spacial score (nSPS) is 16.0. The van der Waals surface area contributed by atoms with E-state index in [0.29, 0.717) is 25.2 Å². The molecule has 88 valence electrons. The van der Waals surface area contributed by atoms with Crippen LogP contribution in [0.3, 0.4) is 0 Å². The van der Waals surface area contributed by atoms with Gasteiger partial charge in [-0.3, -0.25) is 0 Å². The summed E-state index contributed by atoms with van der Waals surface area (Å²) in [6.07, 6.45) is 0. The van der Waals surface area contributed by atoms with E-state index in [1.165, 1.54) is 0 Å². The van der Waals surface area contributed by atoms with Gasteiger partial charge in [0.15, 0.2) is 11.5 Å². The molecule has 1 N–H and O–H groups in total. The van der Waals surface area contributed by atoms with Gasteiger partial charge in [0.25, 0.3) is 0 Å². The topological polar surface area (TPSA) is 30.5 Å². The van der Waals surface area contributed by atoms with Crippen LogP contribution in [0.25, 0.3) is 0 Å². The largest absolute Gasteiger partial charge is 0.486 e. The van der Waals surface area contributed by atoms with Crippen LogP contribution in [-0.4, -0.2) is 19.3 Å². The van der Waals surface area contributed by atoms with Crippen molar-refractivity contribution in [1.29, 1.82) is 0 Å². The molecule has 1 heterocycles. The second-order valence-corrected chi connectivity index (χ2v) is 4.54. The zero-order valence-corrected chi connectivity index (χ0v) is 10.1. The third-order valence-electron chi connectivity index (χ3n) is 2.94. The van der Waals surface area contributed by atoms with Crippen LogP contribution in [0.2, 0.25) is 0 Å². The predicted octanol–water partition coefficient (Wildman–Crippen LogP) is 2.91. The van der Waals surface area contributed by atoms with Crippen molar-refractivity contribution in [3.8, 4) is 11.5 Å². The summed E-state index contributed by atoms with van der Waals surface area (Å²) >= 11 is 0. The second-order valence-electron chi connectivity index (χ2n) is 4.54. The predicted molar refractivity (Wildman–Crippen MR) is 65.4 cm³/mol. The van der Waals surface area contributed by atoms with Crippen LogP contribution in [0.4, 0.5) is 5.69 Å². The van der Waals surface area contributed by atoms with E-state index in [0.717, 1.165) is 17.2 Å². The molecule has 0 bridgehead atoms. The van der Waals surface area contributed by atoms with Crippen LogP contribution in [0.1, 0.15) is 20.8 Å². The molecular weight excluding hydrogens is 202 g/mol. The lowest BCUT2D eigenvalue weighted by molar-refractivity contribution is 0.171. The third kappa shape index (κ3) is 2.40. The standard InChI is InChI=1S/C13H19NO2/c1-9(2)10(3)14-11-4-5-12-13(8-11)16-7-6-15-12/h4-5,8-10,14H,6-7H2,1-3H3. The molecule has 0 aromatic heterocycles. The first-order valence-electron chi connectivity index (χ1n) is 5.83. The lowest BCUT2D eigenvalue weighted by atomic mass is 10.1. The Kier molecular flexibility index (Phi) is 3.22. The molecule has 0 saturated carbocycles. The fourth-order valence-electron chi connectivity index (χ4n) is 1.56. The van der Waals surface area contributed by atoms with Crippen LogP contribution in [0.5, 0.6) is 11.5 Å². The van der Waals surface area contributed by atoms with Crippen molar-refractivity contribution >= 4 is 5.69 Å². The van der Waals surface area contributed by atoms with Gasteiger partial charge in [-0.05, 0) is 25.0 Å². The molecule has 2 rings (SSSR count). The molecule has 0 saturated heterocycles. The van der Waals surface area contributed by atoms with E-state index in [1.807, 2.05) is 18.2 Å². The number of nitrogens with one attached hydrogen (secondary N) is 1. The second kappa shape index (κ2) is 4.64. The van der Waals surface area contributed by atoms with E-state index in [2.05, 4.69) is 26.1 Å². The van der Waals surface area contributed by atoms with Crippen molar-refractivity contribution < 1.29 is 9.47 Å². The maximum atomic E-state index is 5.54. The molecule has 1 aliphatic heterocycles. The molecule has 1 aliphatic rings. The van der Waals surface area contributed by atoms with E-state index >= 15 is 0 Å². The maximum absolute atomic E-state index is 5.54. The summed E-state index contributed by atoms with van der Waals surface area (Å²) in [7, 11) is 0. The highest BCUT2D eigenvalue weighted by molar-refractivity contribution is 5.55. The van der Waals surface area contributed by atoms with Gasteiger partial charge >= 0.3 is 0 Å². The Hall–Kier alpha value is -1.38. The van der Waals surface area contributed by atoms with Crippen LogP contribution in [0, 0.1) is 5.92 Å². The molecule has 0 amide bonds. The zero-order valence-electron chi connectivity index (χ0n) is 10.1. The van der Waals surface area contributed by atoms with Crippen LogP contribution < -0.4 is 14.8 Å². The Morgan fingerprint density at radius 2 is 1.75 bits per heavy atom. The first-order valence-corrected chi connectivity index (χ1v) is 5.83. The van der Waals surface area contributed by atoms with Crippen LogP contribution >= 0.6 is 0 Å². The average molecular weight is 221 g/mol. The van der Waals surface area contributed by atoms with E-state index in [4.69, 9.17) is 9.47 Å². The monoisotopic (exact) mass is 221 g/mol. The molecule has 3 nitrogen and oxygen atoms in total. The first-order chi connectivity index (χ1) is 7.66. The van der Waals surface area contributed by atoms with E-state index in [9.17, 15) is 0 Å². The number of anilines is 1. The molecule has 0 aliphatic carbocycles. The lowest BCUT2D eigenvalue weighted by Crippen LogP contribution is -2.21. The molecule has 1 aromatic carbocycles. The highest BCUT2D eigenvalue weighted by Crippen LogP contribution is 2.32. The van der Waals surface area contributed by atoms with Gasteiger partial charge in [-0.1, -0.05) is 13.8 Å². The van der Waals surface area contributed by atoms with E-state index in [-0.39, 0.29) is 0 Å². The maximum Gasteiger partial charge on any atom is 0.163 e. The number of ether oxygens (including phenoxy) is 2. The van der Waals surface area contributed by atoms with Gasteiger partial charge < -0.3 is 14.8 Å². The van der Waals surface area contributed by atoms with Gasteiger partial charge in [0, 0.05) is 17.8 Å². The fraction of sp³-hybridized carbons (Fsp3) is 0.538. The van der Waals surface area contributed by atoms with Crippen molar-refractivity contribution in [2.24, 2.45) is 5.92 Å². The third-order valence-corrected chi connectivity index (χ3v) is 2.94. The quantitative estimate of drug-likeness (QED) is 0.851. The van der Waals surface area contributed by atoms with E-state index in [1.54, 1.807) is 0 Å². The Labute approximate surface area is 96.8 Å². The van der Waals surface area contributed by atoms with Gasteiger partial charge in [-0.15, -0.1) is 0 Å². The van der Waals surface area contributed by atoms with Crippen molar-refractivity contribution in [3.63, 3.8) is 0 Å². The van der Waals surface area contributed by atoms with Crippen molar-refractivity contribution in [2.75, 3.05) is 18.5 Å². The molecule has 3 heteroatoms. The van der Waals surface area contributed by atoms with Crippen LogP contribution in [-0.2, 0) is 0 Å². The minimum atomic E-state index is 0.447. The number of benzene rings is 1. The highest BCUT2D eigenvalue weighted by atomic mass is 16.6. The highest BCUT2D eigenvalue weighted by Gasteiger charge is 2.13. The summed E-state index contributed by atoms with van der Waals surface area (Å²) in [5.41, 5.74) is 1.09.